The quantitative estimate of drug-likeness (QED) is 0.177. The number of carbonyl (C=O) groups is 2. The highest BCUT2D eigenvalue weighted by Gasteiger charge is 2.35. The van der Waals surface area contributed by atoms with Gasteiger partial charge in [0.25, 0.3) is 10.0 Å². The maximum Gasteiger partial charge on any atom is 0.264 e. The summed E-state index contributed by atoms with van der Waals surface area (Å²) in [7, 11) is -4.22. The van der Waals surface area contributed by atoms with Gasteiger partial charge < -0.3 is 10.2 Å². The average Bonchev–Trinajstić information content (AvgIpc) is 3.00. The molecule has 0 aliphatic carbocycles. The zero-order valence-corrected chi connectivity index (χ0v) is 27.3. The van der Waals surface area contributed by atoms with Crippen molar-refractivity contribution in [2.45, 2.75) is 37.8 Å². The van der Waals surface area contributed by atoms with Gasteiger partial charge >= 0.3 is 0 Å². The Morgan fingerprint density at radius 3 is 2.07 bits per heavy atom. The number of anilines is 1. The van der Waals surface area contributed by atoms with Crippen molar-refractivity contribution in [3.8, 4) is 0 Å². The van der Waals surface area contributed by atoms with Gasteiger partial charge in [-0.05, 0) is 73.0 Å². The smallest absolute Gasteiger partial charge is 0.264 e. The molecule has 0 spiro atoms. The van der Waals surface area contributed by atoms with Crippen molar-refractivity contribution in [3.63, 3.8) is 0 Å². The Balaban J connectivity index is 1.83. The van der Waals surface area contributed by atoms with Crippen LogP contribution in [0.25, 0.3) is 0 Å². The summed E-state index contributed by atoms with van der Waals surface area (Å²) in [5.41, 5.74) is 2.22. The minimum Gasteiger partial charge on any atom is -0.355 e. The summed E-state index contributed by atoms with van der Waals surface area (Å²) in [5.74, 6) is -0.980. The molecular formula is C33H32Cl3N3O4S. The minimum atomic E-state index is -4.22. The van der Waals surface area contributed by atoms with E-state index in [1.54, 1.807) is 68.4 Å². The van der Waals surface area contributed by atoms with Crippen molar-refractivity contribution < 1.29 is 18.0 Å². The fourth-order valence-electron chi connectivity index (χ4n) is 4.81. The molecule has 0 bridgehead atoms. The van der Waals surface area contributed by atoms with E-state index in [2.05, 4.69) is 5.32 Å². The predicted molar refractivity (Wildman–Crippen MR) is 177 cm³/mol. The number of halogens is 3. The number of likely N-dealkylation sites (N-methyl/N-ethyl adjacent to an activating group) is 1. The fraction of sp³-hybridized carbons (Fsp3) is 0.212. The normalized spacial score (nSPS) is 11.9. The second kappa shape index (κ2) is 14.9. The zero-order valence-electron chi connectivity index (χ0n) is 24.2. The van der Waals surface area contributed by atoms with E-state index in [9.17, 15) is 18.0 Å². The van der Waals surface area contributed by atoms with Crippen LogP contribution < -0.4 is 9.62 Å². The highest BCUT2D eigenvalue weighted by Crippen LogP contribution is 2.30. The SMILES string of the molecule is CCNC(=O)C(Cc1ccccc1)N(Cc1ccc(Cl)cc1Cl)C(=O)CN(c1ccc(Cl)cc1C)S(=O)(=O)c1ccccc1. The molecule has 230 valence electrons. The van der Waals surface area contributed by atoms with Crippen molar-refractivity contribution in [3.05, 3.63) is 129 Å². The standard InChI is InChI=1S/C33H32Cl3N3O4S/c1-3-37-33(41)31(19-24-10-6-4-7-11-24)38(21-25-14-15-27(35)20-29(25)36)32(40)22-39(30-17-16-26(34)18-23(30)2)44(42,43)28-12-8-5-9-13-28/h4-18,20,31H,3,19,21-22H2,1-2H3,(H,37,41). The van der Waals surface area contributed by atoms with Crippen molar-refractivity contribution in [1.29, 1.82) is 0 Å². The molecule has 0 saturated heterocycles. The van der Waals surface area contributed by atoms with Crippen LogP contribution in [0.5, 0.6) is 0 Å². The highest BCUT2D eigenvalue weighted by atomic mass is 35.5. The van der Waals surface area contributed by atoms with Gasteiger partial charge in [-0.15, -0.1) is 0 Å². The van der Waals surface area contributed by atoms with E-state index in [0.717, 1.165) is 9.87 Å². The molecule has 0 heterocycles. The van der Waals surface area contributed by atoms with Crippen molar-refractivity contribution in [2.75, 3.05) is 17.4 Å². The summed E-state index contributed by atoms with van der Waals surface area (Å²) >= 11 is 18.9. The largest absolute Gasteiger partial charge is 0.355 e. The second-order valence-electron chi connectivity index (χ2n) is 10.1. The second-order valence-corrected chi connectivity index (χ2v) is 13.3. The van der Waals surface area contributed by atoms with Gasteiger partial charge in [0.05, 0.1) is 10.6 Å². The molecule has 0 fully saturated rings. The number of benzene rings is 4. The summed E-state index contributed by atoms with van der Waals surface area (Å²) in [6, 6.07) is 25.8. The lowest BCUT2D eigenvalue weighted by atomic mass is 10.0. The van der Waals surface area contributed by atoms with Gasteiger partial charge in [0.2, 0.25) is 11.8 Å². The topological polar surface area (TPSA) is 86.8 Å². The molecule has 0 aromatic heterocycles. The summed E-state index contributed by atoms with van der Waals surface area (Å²) in [5, 5.41) is 3.99. The van der Waals surface area contributed by atoms with Gasteiger partial charge in [-0.25, -0.2) is 8.42 Å². The van der Waals surface area contributed by atoms with E-state index in [4.69, 9.17) is 34.8 Å². The maximum absolute atomic E-state index is 14.5. The van der Waals surface area contributed by atoms with Gasteiger partial charge in [0, 0.05) is 34.6 Å². The Hall–Kier alpha value is -3.56. The third kappa shape index (κ3) is 8.12. The molecule has 4 rings (SSSR count). The molecule has 2 amide bonds. The van der Waals surface area contributed by atoms with Crippen LogP contribution >= 0.6 is 34.8 Å². The Labute approximate surface area is 273 Å². The number of aryl methyl sites for hydroxylation is 1. The van der Waals surface area contributed by atoms with Crippen molar-refractivity contribution >= 4 is 62.3 Å². The van der Waals surface area contributed by atoms with Crippen LogP contribution in [0.15, 0.2) is 102 Å². The summed E-state index contributed by atoms with van der Waals surface area (Å²) in [4.78, 5) is 29.4. The van der Waals surface area contributed by atoms with E-state index in [0.29, 0.717) is 32.7 Å². The van der Waals surface area contributed by atoms with E-state index in [1.165, 1.54) is 17.0 Å². The number of nitrogens with one attached hydrogen (secondary N) is 1. The molecule has 1 unspecified atom stereocenters. The summed E-state index contributed by atoms with van der Waals surface area (Å²) in [6.07, 6.45) is 0.190. The molecule has 0 aliphatic rings. The molecule has 0 saturated carbocycles. The lowest BCUT2D eigenvalue weighted by Gasteiger charge is -2.34. The molecule has 0 aliphatic heterocycles. The first-order chi connectivity index (χ1) is 21.0. The van der Waals surface area contributed by atoms with Gasteiger partial charge in [-0.2, -0.15) is 0 Å². The zero-order chi connectivity index (χ0) is 31.9. The van der Waals surface area contributed by atoms with Crippen LogP contribution in [0.2, 0.25) is 15.1 Å². The monoisotopic (exact) mass is 671 g/mol. The fourth-order valence-corrected chi connectivity index (χ4v) is 7.01. The number of nitrogens with zero attached hydrogens (tertiary/aromatic N) is 2. The number of hydrogen-bond donors (Lipinski definition) is 1. The predicted octanol–water partition coefficient (Wildman–Crippen LogP) is 6.93. The molecule has 4 aromatic rings. The first-order valence-electron chi connectivity index (χ1n) is 13.9. The molecule has 7 nitrogen and oxygen atoms in total. The van der Waals surface area contributed by atoms with E-state index in [-0.39, 0.29) is 29.5 Å². The Morgan fingerprint density at radius 2 is 1.45 bits per heavy atom. The number of rotatable bonds is 12. The Morgan fingerprint density at radius 1 is 0.841 bits per heavy atom. The van der Waals surface area contributed by atoms with Gasteiger partial charge in [0.1, 0.15) is 12.6 Å². The average molecular weight is 673 g/mol. The highest BCUT2D eigenvalue weighted by molar-refractivity contribution is 7.92. The molecular weight excluding hydrogens is 641 g/mol. The summed E-state index contributed by atoms with van der Waals surface area (Å²) < 4.78 is 29.2. The van der Waals surface area contributed by atoms with Crippen LogP contribution in [0.3, 0.4) is 0 Å². The van der Waals surface area contributed by atoms with Crippen LogP contribution in [0.4, 0.5) is 5.69 Å². The van der Waals surface area contributed by atoms with Crippen LogP contribution in [0, 0.1) is 6.92 Å². The molecule has 1 atom stereocenters. The number of sulfonamides is 1. The molecule has 44 heavy (non-hydrogen) atoms. The maximum atomic E-state index is 14.5. The van der Waals surface area contributed by atoms with E-state index < -0.39 is 28.5 Å². The lowest BCUT2D eigenvalue weighted by Crippen LogP contribution is -2.53. The minimum absolute atomic E-state index is 0.0130. The van der Waals surface area contributed by atoms with E-state index >= 15 is 0 Å². The number of hydrogen-bond acceptors (Lipinski definition) is 4. The Bertz CT molecular complexity index is 1720. The third-order valence-corrected chi connectivity index (χ3v) is 9.61. The van der Waals surface area contributed by atoms with Crippen LogP contribution in [-0.4, -0.2) is 44.3 Å². The molecule has 11 heteroatoms. The molecule has 4 aromatic carbocycles. The van der Waals surface area contributed by atoms with Gasteiger partial charge in [-0.1, -0.05) is 89.4 Å². The lowest BCUT2D eigenvalue weighted by molar-refractivity contribution is -0.140. The number of amides is 2. The van der Waals surface area contributed by atoms with E-state index in [1.807, 2.05) is 30.3 Å². The first-order valence-corrected chi connectivity index (χ1v) is 16.5. The van der Waals surface area contributed by atoms with Crippen molar-refractivity contribution in [1.82, 2.24) is 10.2 Å². The van der Waals surface area contributed by atoms with Gasteiger partial charge in [-0.3, -0.25) is 13.9 Å². The molecule has 0 radical (unpaired) electrons. The number of carbonyl (C=O) groups excluding carboxylic acids is 2. The van der Waals surface area contributed by atoms with Gasteiger partial charge in [0.15, 0.2) is 0 Å². The molecule has 1 N–H and O–H groups in total. The summed E-state index contributed by atoms with van der Waals surface area (Å²) in [6.45, 7) is 3.19. The third-order valence-electron chi connectivity index (χ3n) is 7.02. The first kappa shape index (κ1) is 33.3. The van der Waals surface area contributed by atoms with Crippen molar-refractivity contribution in [2.24, 2.45) is 0 Å². The Kier molecular flexibility index (Phi) is 11.3. The van der Waals surface area contributed by atoms with Crippen LogP contribution in [0.1, 0.15) is 23.6 Å². The van der Waals surface area contributed by atoms with Crippen LogP contribution in [-0.2, 0) is 32.6 Å².